The fourth-order valence-corrected chi connectivity index (χ4v) is 4.13. The van der Waals surface area contributed by atoms with Gasteiger partial charge in [-0.3, -0.25) is 14.4 Å². The molecule has 1 N–H and O–H groups in total. The van der Waals surface area contributed by atoms with Crippen LogP contribution in [-0.2, 0) is 9.59 Å². The van der Waals surface area contributed by atoms with Crippen molar-refractivity contribution in [3.8, 4) is 0 Å². The SMILES string of the molecule is O=C(NC1CCN(C(=O)c2ccco2)CC1)C1CC(=O)N(c2ccccc2Cl)C1. The van der Waals surface area contributed by atoms with Crippen LogP contribution in [0.1, 0.15) is 29.8 Å². The number of anilines is 1. The van der Waals surface area contributed by atoms with E-state index in [9.17, 15) is 14.4 Å². The van der Waals surface area contributed by atoms with Crippen LogP contribution in [0.4, 0.5) is 5.69 Å². The Morgan fingerprint density at radius 1 is 1.10 bits per heavy atom. The van der Waals surface area contributed by atoms with Crippen molar-refractivity contribution in [2.75, 3.05) is 24.5 Å². The van der Waals surface area contributed by atoms with Crippen LogP contribution in [0.5, 0.6) is 0 Å². The molecule has 0 aliphatic carbocycles. The van der Waals surface area contributed by atoms with Gasteiger partial charge in [0, 0.05) is 32.1 Å². The molecule has 29 heavy (non-hydrogen) atoms. The first-order chi connectivity index (χ1) is 14.0. The van der Waals surface area contributed by atoms with E-state index in [2.05, 4.69) is 5.32 Å². The largest absolute Gasteiger partial charge is 0.459 e. The Labute approximate surface area is 173 Å². The van der Waals surface area contributed by atoms with Gasteiger partial charge < -0.3 is 19.5 Å². The Kier molecular flexibility index (Phi) is 5.58. The van der Waals surface area contributed by atoms with Crippen LogP contribution >= 0.6 is 11.6 Å². The first-order valence-electron chi connectivity index (χ1n) is 9.71. The molecule has 1 aromatic carbocycles. The number of carbonyl (C=O) groups is 3. The van der Waals surface area contributed by atoms with Gasteiger partial charge in [0.15, 0.2) is 5.76 Å². The predicted molar refractivity (Wildman–Crippen MR) is 108 cm³/mol. The van der Waals surface area contributed by atoms with Crippen molar-refractivity contribution < 1.29 is 18.8 Å². The maximum Gasteiger partial charge on any atom is 0.289 e. The molecule has 8 heteroatoms. The van der Waals surface area contributed by atoms with Gasteiger partial charge in [-0.2, -0.15) is 0 Å². The lowest BCUT2D eigenvalue weighted by Crippen LogP contribution is -2.48. The highest BCUT2D eigenvalue weighted by molar-refractivity contribution is 6.33. The van der Waals surface area contributed by atoms with Gasteiger partial charge in [0.2, 0.25) is 11.8 Å². The molecular weight excluding hydrogens is 394 g/mol. The van der Waals surface area contributed by atoms with Gasteiger partial charge in [-0.05, 0) is 37.1 Å². The van der Waals surface area contributed by atoms with E-state index in [1.54, 1.807) is 40.1 Å². The third kappa shape index (κ3) is 4.15. The van der Waals surface area contributed by atoms with Crippen molar-refractivity contribution in [2.24, 2.45) is 5.92 Å². The summed E-state index contributed by atoms with van der Waals surface area (Å²) in [7, 11) is 0. The molecule has 7 nitrogen and oxygen atoms in total. The van der Waals surface area contributed by atoms with Gasteiger partial charge >= 0.3 is 0 Å². The third-order valence-electron chi connectivity index (χ3n) is 5.50. The monoisotopic (exact) mass is 415 g/mol. The lowest BCUT2D eigenvalue weighted by molar-refractivity contribution is -0.127. The van der Waals surface area contributed by atoms with Crippen molar-refractivity contribution in [3.05, 3.63) is 53.4 Å². The summed E-state index contributed by atoms with van der Waals surface area (Å²) in [5.41, 5.74) is 0.638. The van der Waals surface area contributed by atoms with Gasteiger partial charge in [-0.15, -0.1) is 0 Å². The number of nitrogens with one attached hydrogen (secondary N) is 1. The van der Waals surface area contributed by atoms with Gasteiger partial charge in [-0.1, -0.05) is 23.7 Å². The van der Waals surface area contributed by atoms with Crippen molar-refractivity contribution in [1.82, 2.24) is 10.2 Å². The zero-order valence-electron chi connectivity index (χ0n) is 15.8. The fourth-order valence-electron chi connectivity index (χ4n) is 3.89. The molecule has 1 atom stereocenters. The molecule has 3 heterocycles. The van der Waals surface area contributed by atoms with Crippen LogP contribution in [0, 0.1) is 5.92 Å². The average molecular weight is 416 g/mol. The Bertz CT molecular complexity index is 906. The molecule has 0 radical (unpaired) electrons. The molecule has 2 fully saturated rings. The third-order valence-corrected chi connectivity index (χ3v) is 5.82. The smallest absolute Gasteiger partial charge is 0.289 e. The predicted octanol–water partition coefficient (Wildman–Crippen LogP) is 2.71. The number of carbonyl (C=O) groups excluding carboxylic acids is 3. The zero-order chi connectivity index (χ0) is 20.4. The van der Waals surface area contributed by atoms with E-state index in [4.69, 9.17) is 16.0 Å². The summed E-state index contributed by atoms with van der Waals surface area (Å²) < 4.78 is 5.17. The number of rotatable bonds is 4. The number of furan rings is 1. The molecule has 2 aliphatic rings. The van der Waals surface area contributed by atoms with Crippen LogP contribution in [0.15, 0.2) is 47.1 Å². The lowest BCUT2D eigenvalue weighted by Gasteiger charge is -2.32. The molecule has 2 aliphatic heterocycles. The summed E-state index contributed by atoms with van der Waals surface area (Å²) in [5.74, 6) is -0.421. The van der Waals surface area contributed by atoms with E-state index >= 15 is 0 Å². The van der Waals surface area contributed by atoms with Crippen LogP contribution in [0.2, 0.25) is 5.02 Å². The Hall–Kier alpha value is -2.80. The number of halogens is 1. The van der Waals surface area contributed by atoms with Crippen LogP contribution in [0.3, 0.4) is 0 Å². The minimum Gasteiger partial charge on any atom is -0.459 e. The van der Waals surface area contributed by atoms with Crippen molar-refractivity contribution in [1.29, 1.82) is 0 Å². The lowest BCUT2D eigenvalue weighted by atomic mass is 10.0. The van der Waals surface area contributed by atoms with Crippen molar-refractivity contribution in [3.63, 3.8) is 0 Å². The van der Waals surface area contributed by atoms with Gasteiger partial charge in [-0.25, -0.2) is 0 Å². The molecule has 2 aromatic rings. The second-order valence-corrected chi connectivity index (χ2v) is 7.82. The summed E-state index contributed by atoms with van der Waals surface area (Å²) in [4.78, 5) is 40.7. The Morgan fingerprint density at radius 2 is 1.86 bits per heavy atom. The summed E-state index contributed by atoms with van der Waals surface area (Å²) >= 11 is 6.20. The number of benzene rings is 1. The van der Waals surface area contributed by atoms with Crippen molar-refractivity contribution >= 4 is 35.0 Å². The summed E-state index contributed by atoms with van der Waals surface area (Å²) in [6, 6.07) is 10.5. The first-order valence-corrected chi connectivity index (χ1v) is 10.1. The van der Waals surface area contributed by atoms with Gasteiger partial charge in [0.1, 0.15) is 0 Å². The summed E-state index contributed by atoms with van der Waals surface area (Å²) in [5, 5.41) is 3.55. The molecule has 4 rings (SSSR count). The number of nitrogens with zero attached hydrogens (tertiary/aromatic N) is 2. The van der Waals surface area contributed by atoms with Crippen LogP contribution in [0.25, 0.3) is 0 Å². The Balaban J connectivity index is 1.30. The van der Waals surface area contributed by atoms with E-state index in [0.29, 0.717) is 48.9 Å². The second-order valence-electron chi connectivity index (χ2n) is 7.41. The molecule has 0 saturated carbocycles. The number of piperidine rings is 1. The van der Waals surface area contributed by atoms with Crippen LogP contribution in [-0.4, -0.2) is 48.3 Å². The standard InChI is InChI=1S/C21H22ClN3O4/c22-16-4-1-2-5-17(16)25-13-14(12-19(25)26)20(27)23-15-7-9-24(10-8-15)21(28)18-6-3-11-29-18/h1-6,11,14-15H,7-10,12-13H2,(H,23,27). The molecule has 0 spiro atoms. The molecule has 3 amide bonds. The number of hydrogen-bond donors (Lipinski definition) is 1. The number of amides is 3. The highest BCUT2D eigenvalue weighted by Crippen LogP contribution is 2.31. The Morgan fingerprint density at radius 3 is 2.55 bits per heavy atom. The molecule has 1 aromatic heterocycles. The highest BCUT2D eigenvalue weighted by atomic mass is 35.5. The highest BCUT2D eigenvalue weighted by Gasteiger charge is 2.37. The fraction of sp³-hybridized carbons (Fsp3) is 0.381. The summed E-state index contributed by atoms with van der Waals surface area (Å²) in [6.45, 7) is 1.43. The normalized spacial score (nSPS) is 20.2. The van der Waals surface area contributed by atoms with E-state index in [0.717, 1.165) is 0 Å². The first kappa shape index (κ1) is 19.5. The quantitative estimate of drug-likeness (QED) is 0.832. The van der Waals surface area contributed by atoms with E-state index in [-0.39, 0.29) is 30.2 Å². The van der Waals surface area contributed by atoms with E-state index < -0.39 is 5.92 Å². The zero-order valence-corrected chi connectivity index (χ0v) is 16.6. The molecule has 2 saturated heterocycles. The topological polar surface area (TPSA) is 82.9 Å². The number of para-hydroxylation sites is 1. The molecule has 1 unspecified atom stereocenters. The minimum atomic E-state index is -0.401. The van der Waals surface area contributed by atoms with Crippen molar-refractivity contribution in [2.45, 2.75) is 25.3 Å². The minimum absolute atomic E-state index is 0.00684. The number of likely N-dealkylation sites (tertiary alicyclic amines) is 1. The van der Waals surface area contributed by atoms with Gasteiger partial charge in [0.25, 0.3) is 5.91 Å². The molecule has 152 valence electrons. The summed E-state index contributed by atoms with van der Waals surface area (Å²) in [6.07, 6.45) is 3.00. The van der Waals surface area contributed by atoms with E-state index in [1.165, 1.54) is 6.26 Å². The maximum absolute atomic E-state index is 12.7. The second kappa shape index (κ2) is 8.29. The van der Waals surface area contributed by atoms with E-state index in [1.807, 2.05) is 6.07 Å². The molecule has 0 bridgehead atoms. The average Bonchev–Trinajstić information content (AvgIpc) is 3.39. The van der Waals surface area contributed by atoms with Crippen LogP contribution < -0.4 is 10.2 Å². The molecular formula is C21H22ClN3O4. The van der Waals surface area contributed by atoms with Gasteiger partial charge in [0.05, 0.1) is 22.9 Å². The maximum atomic E-state index is 12.7. The number of hydrogen-bond acceptors (Lipinski definition) is 4.